The summed E-state index contributed by atoms with van der Waals surface area (Å²) >= 11 is 7.40. The van der Waals surface area contributed by atoms with Gasteiger partial charge in [-0.1, -0.05) is 29.8 Å². The van der Waals surface area contributed by atoms with Gasteiger partial charge in [-0.2, -0.15) is 4.99 Å². The lowest BCUT2D eigenvalue weighted by molar-refractivity contribution is 0.0696. The molecule has 0 aliphatic rings. The first-order valence-corrected chi connectivity index (χ1v) is 9.38. The monoisotopic (exact) mass is 400 g/mol. The molecule has 5 nitrogen and oxygen atoms in total. The summed E-state index contributed by atoms with van der Waals surface area (Å²) in [6, 6.07) is 13.4. The Morgan fingerprint density at radius 3 is 2.44 bits per heavy atom. The molecule has 3 rings (SSSR count). The molecule has 0 spiro atoms. The van der Waals surface area contributed by atoms with Crippen molar-refractivity contribution in [1.29, 1.82) is 0 Å². The van der Waals surface area contributed by atoms with Crippen LogP contribution in [0.2, 0.25) is 5.02 Å². The number of thiazole rings is 1. The average Bonchev–Trinajstić information content (AvgIpc) is 2.89. The van der Waals surface area contributed by atoms with Gasteiger partial charge in [0.15, 0.2) is 4.80 Å². The van der Waals surface area contributed by atoms with Gasteiger partial charge in [-0.25, -0.2) is 4.79 Å². The van der Waals surface area contributed by atoms with Crippen LogP contribution in [0.25, 0.3) is 0 Å². The third-order valence-corrected chi connectivity index (χ3v) is 5.53. The maximum absolute atomic E-state index is 12.5. The molecule has 2 aromatic carbocycles. The van der Waals surface area contributed by atoms with Gasteiger partial charge in [0.1, 0.15) is 0 Å². The molecule has 0 saturated carbocycles. The van der Waals surface area contributed by atoms with Gasteiger partial charge in [0.05, 0.1) is 12.1 Å². The predicted octanol–water partition coefficient (Wildman–Crippen LogP) is 4.31. The second kappa shape index (κ2) is 7.90. The Hall–Kier alpha value is -2.70. The minimum Gasteiger partial charge on any atom is -0.478 e. The number of amides is 1. The summed E-state index contributed by atoms with van der Waals surface area (Å²) in [5.41, 5.74) is 2.61. The quantitative estimate of drug-likeness (QED) is 0.709. The van der Waals surface area contributed by atoms with Crippen LogP contribution in [0.4, 0.5) is 0 Å². The smallest absolute Gasteiger partial charge is 0.335 e. The van der Waals surface area contributed by atoms with E-state index in [1.165, 1.54) is 11.3 Å². The maximum Gasteiger partial charge on any atom is 0.335 e. The molecule has 0 aliphatic heterocycles. The van der Waals surface area contributed by atoms with Crippen LogP contribution in [0.3, 0.4) is 0 Å². The molecule has 138 valence electrons. The molecule has 0 saturated heterocycles. The van der Waals surface area contributed by atoms with Crippen molar-refractivity contribution in [3.8, 4) is 0 Å². The van der Waals surface area contributed by atoms with E-state index in [2.05, 4.69) is 4.99 Å². The zero-order chi connectivity index (χ0) is 19.6. The lowest BCUT2D eigenvalue weighted by Crippen LogP contribution is -2.19. The third-order valence-electron chi connectivity index (χ3n) is 4.20. The maximum atomic E-state index is 12.5. The molecule has 1 N–H and O–H groups in total. The first kappa shape index (κ1) is 19.1. The Balaban J connectivity index is 1.97. The number of halogens is 1. The van der Waals surface area contributed by atoms with E-state index in [0.29, 0.717) is 21.9 Å². The summed E-state index contributed by atoms with van der Waals surface area (Å²) in [4.78, 5) is 29.5. The molecule has 1 amide bonds. The van der Waals surface area contributed by atoms with Crippen molar-refractivity contribution in [1.82, 2.24) is 4.57 Å². The number of carbonyl (C=O) groups is 2. The number of hydrogen-bond acceptors (Lipinski definition) is 3. The molecule has 0 aliphatic carbocycles. The summed E-state index contributed by atoms with van der Waals surface area (Å²) in [5, 5.41) is 9.51. The first-order valence-electron chi connectivity index (χ1n) is 8.19. The number of benzene rings is 2. The van der Waals surface area contributed by atoms with E-state index in [0.717, 1.165) is 16.1 Å². The summed E-state index contributed by atoms with van der Waals surface area (Å²) in [5.74, 6) is -1.31. The van der Waals surface area contributed by atoms with Gasteiger partial charge in [0, 0.05) is 21.2 Å². The fourth-order valence-corrected chi connectivity index (χ4v) is 3.74. The first-order chi connectivity index (χ1) is 12.8. The van der Waals surface area contributed by atoms with Crippen molar-refractivity contribution >= 4 is 34.8 Å². The topological polar surface area (TPSA) is 71.7 Å². The molecule has 0 fully saturated rings. The van der Waals surface area contributed by atoms with E-state index in [1.807, 2.05) is 18.4 Å². The second-order valence-electron chi connectivity index (χ2n) is 6.04. The number of carboxylic acids is 1. The van der Waals surface area contributed by atoms with Gasteiger partial charge in [-0.15, -0.1) is 11.3 Å². The Labute approximate surface area is 165 Å². The van der Waals surface area contributed by atoms with E-state index < -0.39 is 5.97 Å². The molecule has 0 radical (unpaired) electrons. The van der Waals surface area contributed by atoms with Gasteiger partial charge in [0.2, 0.25) is 0 Å². The Morgan fingerprint density at radius 1 is 1.11 bits per heavy atom. The normalized spacial score (nSPS) is 11.6. The molecule has 3 aromatic rings. The summed E-state index contributed by atoms with van der Waals surface area (Å²) in [6.07, 6.45) is 0. The molecule has 0 atom stereocenters. The van der Waals surface area contributed by atoms with Gasteiger partial charge in [-0.3, -0.25) is 4.79 Å². The molecule has 0 unspecified atom stereocenters. The SMILES string of the molecule is Cc1sc(=NC(=O)c2cccc(Cl)c2)n(Cc2ccc(C(=O)O)cc2)c1C. The van der Waals surface area contributed by atoms with Crippen molar-refractivity contribution in [2.45, 2.75) is 20.4 Å². The van der Waals surface area contributed by atoms with Crippen LogP contribution in [-0.2, 0) is 6.54 Å². The van der Waals surface area contributed by atoms with Crippen LogP contribution < -0.4 is 4.80 Å². The summed E-state index contributed by atoms with van der Waals surface area (Å²) in [7, 11) is 0. The van der Waals surface area contributed by atoms with Crippen molar-refractivity contribution in [3.63, 3.8) is 0 Å². The number of aryl methyl sites for hydroxylation is 1. The molecular weight excluding hydrogens is 384 g/mol. The molecule has 7 heteroatoms. The highest BCUT2D eigenvalue weighted by molar-refractivity contribution is 7.09. The van der Waals surface area contributed by atoms with Gasteiger partial charge in [0.25, 0.3) is 5.91 Å². The highest BCUT2D eigenvalue weighted by atomic mass is 35.5. The summed E-state index contributed by atoms with van der Waals surface area (Å²) < 4.78 is 1.96. The fourth-order valence-electron chi connectivity index (χ4n) is 2.58. The van der Waals surface area contributed by atoms with Crippen LogP contribution in [0.5, 0.6) is 0 Å². The van der Waals surface area contributed by atoms with Crippen LogP contribution in [0, 0.1) is 13.8 Å². The Kier molecular flexibility index (Phi) is 5.58. The van der Waals surface area contributed by atoms with Crippen LogP contribution in [0.1, 0.15) is 36.9 Å². The lowest BCUT2D eigenvalue weighted by Gasteiger charge is -2.07. The van der Waals surface area contributed by atoms with E-state index in [-0.39, 0.29) is 11.5 Å². The molecular formula is C20H17ClN2O3S. The number of nitrogens with zero attached hydrogens (tertiary/aromatic N) is 2. The predicted molar refractivity (Wildman–Crippen MR) is 106 cm³/mol. The third kappa shape index (κ3) is 4.35. The van der Waals surface area contributed by atoms with Gasteiger partial charge < -0.3 is 9.67 Å². The highest BCUT2D eigenvalue weighted by Crippen LogP contribution is 2.15. The number of carboxylic acid groups (broad SMARTS) is 1. The standard InChI is InChI=1S/C20H17ClN2O3S/c1-12-13(2)27-20(22-18(24)16-4-3-5-17(21)10-16)23(12)11-14-6-8-15(9-7-14)19(25)26/h3-10H,11H2,1-2H3,(H,25,26). The van der Waals surface area contributed by atoms with E-state index in [1.54, 1.807) is 48.5 Å². The summed E-state index contributed by atoms with van der Waals surface area (Å²) in [6.45, 7) is 4.45. The Morgan fingerprint density at radius 2 is 1.81 bits per heavy atom. The van der Waals surface area contributed by atoms with E-state index in [9.17, 15) is 9.59 Å². The van der Waals surface area contributed by atoms with Crippen LogP contribution in [-0.4, -0.2) is 21.6 Å². The highest BCUT2D eigenvalue weighted by Gasteiger charge is 2.11. The van der Waals surface area contributed by atoms with Gasteiger partial charge >= 0.3 is 5.97 Å². The molecule has 1 aromatic heterocycles. The van der Waals surface area contributed by atoms with Gasteiger partial charge in [-0.05, 0) is 49.7 Å². The van der Waals surface area contributed by atoms with Crippen molar-refractivity contribution in [2.75, 3.05) is 0 Å². The number of hydrogen-bond donors (Lipinski definition) is 1. The second-order valence-corrected chi connectivity index (χ2v) is 7.66. The molecule has 27 heavy (non-hydrogen) atoms. The van der Waals surface area contributed by atoms with Crippen LogP contribution >= 0.6 is 22.9 Å². The van der Waals surface area contributed by atoms with E-state index >= 15 is 0 Å². The average molecular weight is 401 g/mol. The zero-order valence-corrected chi connectivity index (χ0v) is 16.3. The zero-order valence-electron chi connectivity index (χ0n) is 14.8. The van der Waals surface area contributed by atoms with Crippen molar-refractivity contribution in [3.05, 3.63) is 85.6 Å². The minimum absolute atomic E-state index is 0.239. The number of rotatable bonds is 4. The van der Waals surface area contributed by atoms with Crippen molar-refractivity contribution < 1.29 is 14.7 Å². The fraction of sp³-hybridized carbons (Fsp3) is 0.150. The van der Waals surface area contributed by atoms with E-state index in [4.69, 9.17) is 16.7 Å². The lowest BCUT2D eigenvalue weighted by atomic mass is 10.1. The van der Waals surface area contributed by atoms with Crippen molar-refractivity contribution in [2.24, 2.45) is 4.99 Å². The Bertz CT molecular complexity index is 1080. The number of aromatic nitrogens is 1. The number of carbonyl (C=O) groups excluding carboxylic acids is 1. The minimum atomic E-state index is -0.959. The molecule has 1 heterocycles. The molecule has 0 bridgehead atoms. The van der Waals surface area contributed by atoms with Crippen LogP contribution in [0.15, 0.2) is 53.5 Å². The largest absolute Gasteiger partial charge is 0.478 e. The number of aromatic carboxylic acids is 1.